The summed E-state index contributed by atoms with van der Waals surface area (Å²) in [5, 5.41) is 2.44. The molecule has 1 N–H and O–H groups in total. The molecular weight excluding hydrogens is 288 g/mol. The lowest BCUT2D eigenvalue weighted by molar-refractivity contribution is 0.230. The SMILES string of the molecule is Cc1nc(NC(=O)N(C)C)nc(C(Cl)(Cl)Cl)n1. The van der Waals surface area contributed by atoms with Gasteiger partial charge in [-0.15, -0.1) is 0 Å². The van der Waals surface area contributed by atoms with Crippen molar-refractivity contribution < 1.29 is 4.79 Å². The van der Waals surface area contributed by atoms with E-state index in [0.717, 1.165) is 0 Å². The average molecular weight is 299 g/mol. The first kappa shape index (κ1) is 14.2. The Labute approximate surface area is 113 Å². The molecule has 0 aliphatic heterocycles. The minimum absolute atomic E-state index is 0.0379. The van der Waals surface area contributed by atoms with E-state index in [0.29, 0.717) is 5.82 Å². The molecule has 0 aromatic carbocycles. The Morgan fingerprint density at radius 3 is 2.29 bits per heavy atom. The summed E-state index contributed by atoms with van der Waals surface area (Å²) in [6, 6.07) is -0.383. The number of carbonyl (C=O) groups excluding carboxylic acids is 1. The number of aryl methyl sites for hydroxylation is 1. The van der Waals surface area contributed by atoms with Crippen LogP contribution in [0.1, 0.15) is 11.6 Å². The Balaban J connectivity index is 3.02. The van der Waals surface area contributed by atoms with Gasteiger partial charge in [-0.25, -0.2) is 9.78 Å². The van der Waals surface area contributed by atoms with E-state index in [-0.39, 0.29) is 17.8 Å². The van der Waals surface area contributed by atoms with E-state index >= 15 is 0 Å². The third kappa shape index (κ3) is 4.14. The number of anilines is 1. The lowest BCUT2D eigenvalue weighted by atomic mass is 10.6. The van der Waals surface area contributed by atoms with Crippen molar-refractivity contribution in [1.82, 2.24) is 19.9 Å². The molecule has 0 radical (unpaired) electrons. The molecule has 0 saturated carbocycles. The molecule has 17 heavy (non-hydrogen) atoms. The molecule has 0 unspecified atom stereocenters. The number of aromatic nitrogens is 3. The van der Waals surface area contributed by atoms with E-state index in [1.807, 2.05) is 0 Å². The van der Waals surface area contributed by atoms with Crippen LogP contribution >= 0.6 is 34.8 Å². The lowest BCUT2D eigenvalue weighted by Gasteiger charge is -2.13. The fourth-order valence-electron chi connectivity index (χ4n) is 0.872. The van der Waals surface area contributed by atoms with Crippen molar-refractivity contribution in [3.63, 3.8) is 0 Å². The Kier molecular flexibility index (Phi) is 4.35. The van der Waals surface area contributed by atoms with Crippen molar-refractivity contribution in [1.29, 1.82) is 0 Å². The predicted molar refractivity (Wildman–Crippen MR) is 66.5 cm³/mol. The minimum atomic E-state index is -1.76. The van der Waals surface area contributed by atoms with Crippen molar-refractivity contribution in [2.45, 2.75) is 10.7 Å². The number of rotatable bonds is 1. The van der Waals surface area contributed by atoms with Crippen LogP contribution in [0.25, 0.3) is 0 Å². The molecule has 94 valence electrons. The Hall–Kier alpha value is -0.850. The molecule has 1 heterocycles. The summed E-state index contributed by atoms with van der Waals surface area (Å²) in [6.07, 6.45) is 0. The quantitative estimate of drug-likeness (QED) is 0.806. The molecule has 1 aromatic heterocycles. The number of nitrogens with zero attached hydrogens (tertiary/aromatic N) is 4. The number of urea groups is 1. The molecule has 6 nitrogen and oxygen atoms in total. The number of nitrogens with one attached hydrogen (secondary N) is 1. The summed E-state index contributed by atoms with van der Waals surface area (Å²) in [5.74, 6) is 0.344. The van der Waals surface area contributed by atoms with Crippen molar-refractivity contribution in [3.05, 3.63) is 11.6 Å². The van der Waals surface area contributed by atoms with Gasteiger partial charge in [-0.05, 0) is 6.92 Å². The lowest BCUT2D eigenvalue weighted by Crippen LogP contribution is -2.29. The van der Waals surface area contributed by atoms with E-state index in [4.69, 9.17) is 34.8 Å². The number of alkyl halides is 3. The van der Waals surface area contributed by atoms with Gasteiger partial charge >= 0.3 is 6.03 Å². The van der Waals surface area contributed by atoms with Crippen LogP contribution in [-0.4, -0.2) is 40.0 Å². The maximum atomic E-state index is 11.4. The van der Waals surface area contributed by atoms with Gasteiger partial charge in [0.15, 0.2) is 5.82 Å². The highest BCUT2D eigenvalue weighted by molar-refractivity contribution is 6.66. The fraction of sp³-hybridized carbons (Fsp3) is 0.500. The highest BCUT2D eigenvalue weighted by atomic mass is 35.6. The Morgan fingerprint density at radius 1 is 1.24 bits per heavy atom. The number of hydrogen-bond donors (Lipinski definition) is 1. The summed E-state index contributed by atoms with van der Waals surface area (Å²) in [7, 11) is 3.17. The van der Waals surface area contributed by atoms with Crippen molar-refractivity contribution in [2.75, 3.05) is 19.4 Å². The van der Waals surface area contributed by atoms with Crippen LogP contribution in [0.15, 0.2) is 0 Å². The maximum Gasteiger partial charge on any atom is 0.323 e. The van der Waals surface area contributed by atoms with Gasteiger partial charge in [-0.1, -0.05) is 34.8 Å². The number of hydrogen-bond acceptors (Lipinski definition) is 4. The molecule has 2 amide bonds. The highest BCUT2D eigenvalue weighted by Crippen LogP contribution is 2.35. The monoisotopic (exact) mass is 297 g/mol. The van der Waals surface area contributed by atoms with E-state index in [2.05, 4.69) is 20.3 Å². The first-order valence-corrected chi connectivity index (χ1v) is 5.61. The Morgan fingerprint density at radius 2 is 1.82 bits per heavy atom. The molecule has 1 rings (SSSR count). The van der Waals surface area contributed by atoms with Crippen LogP contribution in [0, 0.1) is 6.92 Å². The van der Waals surface area contributed by atoms with Crippen molar-refractivity contribution in [2.24, 2.45) is 0 Å². The molecule has 0 bridgehead atoms. The average Bonchev–Trinajstić information content (AvgIpc) is 2.15. The number of halogens is 3. The summed E-state index contributed by atoms with van der Waals surface area (Å²) < 4.78 is -1.76. The van der Waals surface area contributed by atoms with Crippen LogP contribution in [0.3, 0.4) is 0 Å². The molecule has 1 aromatic rings. The predicted octanol–water partition coefficient (Wildman–Crippen LogP) is 2.10. The van der Waals surface area contributed by atoms with Crippen molar-refractivity contribution in [3.8, 4) is 0 Å². The number of carbonyl (C=O) groups is 1. The third-order valence-electron chi connectivity index (χ3n) is 1.63. The van der Waals surface area contributed by atoms with Crippen LogP contribution < -0.4 is 5.32 Å². The van der Waals surface area contributed by atoms with E-state index in [1.54, 1.807) is 21.0 Å². The second-order valence-electron chi connectivity index (χ2n) is 3.35. The highest BCUT2D eigenvalue weighted by Gasteiger charge is 2.28. The zero-order valence-corrected chi connectivity index (χ0v) is 11.6. The van der Waals surface area contributed by atoms with Gasteiger partial charge in [0.25, 0.3) is 0 Å². The smallest absolute Gasteiger partial charge is 0.323 e. The molecule has 0 aliphatic carbocycles. The second kappa shape index (κ2) is 5.20. The van der Waals surface area contributed by atoms with Crippen molar-refractivity contribution >= 4 is 46.8 Å². The molecule has 9 heteroatoms. The topological polar surface area (TPSA) is 71.0 Å². The van der Waals surface area contributed by atoms with E-state index < -0.39 is 3.79 Å². The van der Waals surface area contributed by atoms with Gasteiger partial charge in [0.05, 0.1) is 0 Å². The van der Waals surface area contributed by atoms with Gasteiger partial charge in [-0.2, -0.15) is 9.97 Å². The number of amides is 2. The zero-order chi connectivity index (χ0) is 13.2. The summed E-state index contributed by atoms with van der Waals surface area (Å²) >= 11 is 17.0. The molecule has 0 saturated heterocycles. The molecule has 0 atom stereocenters. The first-order chi connectivity index (χ1) is 7.70. The zero-order valence-electron chi connectivity index (χ0n) is 9.33. The van der Waals surface area contributed by atoms with E-state index in [1.165, 1.54) is 4.90 Å². The fourth-order valence-corrected chi connectivity index (χ4v) is 1.13. The van der Waals surface area contributed by atoms with Gasteiger partial charge in [0.2, 0.25) is 9.74 Å². The summed E-state index contributed by atoms with van der Waals surface area (Å²) in [6.45, 7) is 1.60. The van der Waals surface area contributed by atoms with Gasteiger partial charge in [-0.3, -0.25) is 5.32 Å². The molecular formula is C8H10Cl3N5O. The molecule has 0 spiro atoms. The van der Waals surface area contributed by atoms with Gasteiger partial charge in [0.1, 0.15) is 5.82 Å². The summed E-state index contributed by atoms with van der Waals surface area (Å²) in [5.41, 5.74) is 0. The maximum absolute atomic E-state index is 11.4. The van der Waals surface area contributed by atoms with E-state index in [9.17, 15) is 4.79 Å². The van der Waals surface area contributed by atoms with Gasteiger partial charge in [0, 0.05) is 14.1 Å². The van der Waals surface area contributed by atoms with Crippen LogP contribution in [0.2, 0.25) is 0 Å². The van der Waals surface area contributed by atoms with Gasteiger partial charge < -0.3 is 4.90 Å². The first-order valence-electron chi connectivity index (χ1n) is 4.48. The standard InChI is InChI=1S/C8H10Cl3N5O/c1-4-12-5(8(9,10)11)14-6(13-4)15-7(17)16(2)3/h1-3H3,(H,12,13,14,15,17). The van der Waals surface area contributed by atoms with Crippen LogP contribution in [0.4, 0.5) is 10.7 Å². The molecule has 0 aliphatic rings. The normalized spacial score (nSPS) is 11.2. The molecule has 0 fully saturated rings. The minimum Gasteiger partial charge on any atom is -0.331 e. The summed E-state index contributed by atoms with van der Waals surface area (Å²) in [4.78, 5) is 24.4. The second-order valence-corrected chi connectivity index (χ2v) is 5.63. The Bertz CT molecular complexity index is 432. The largest absolute Gasteiger partial charge is 0.331 e. The third-order valence-corrected chi connectivity index (χ3v) is 2.13. The van der Waals surface area contributed by atoms with Crippen LogP contribution in [-0.2, 0) is 3.79 Å². The van der Waals surface area contributed by atoms with Crippen LogP contribution in [0.5, 0.6) is 0 Å².